The molecule has 5 rings (SSSR count). The highest BCUT2D eigenvalue weighted by molar-refractivity contribution is 6.21. The maximum absolute atomic E-state index is 14.2. The van der Waals surface area contributed by atoms with E-state index in [1.165, 1.54) is 11.0 Å². The van der Waals surface area contributed by atoms with Crippen LogP contribution in [0, 0.1) is 18.2 Å². The predicted molar refractivity (Wildman–Crippen MR) is 136 cm³/mol. The normalized spacial score (nSPS) is 25.6. The molecule has 1 unspecified atom stereocenters. The first-order valence-electron chi connectivity index (χ1n) is 12.6. The maximum Gasteiger partial charge on any atom is 0.309 e. The Balaban J connectivity index is 1.56. The van der Waals surface area contributed by atoms with Crippen LogP contribution in [0.3, 0.4) is 0 Å². The molecule has 2 heterocycles. The molecule has 2 aromatic carbocycles. The maximum atomic E-state index is 14.2. The van der Waals surface area contributed by atoms with E-state index < -0.39 is 23.6 Å². The van der Waals surface area contributed by atoms with Crippen molar-refractivity contribution < 1.29 is 28.6 Å². The minimum Gasteiger partial charge on any atom is -0.458 e. The van der Waals surface area contributed by atoms with Crippen LogP contribution in [0.4, 0.5) is 4.39 Å². The van der Waals surface area contributed by atoms with Crippen LogP contribution in [0.25, 0.3) is 5.57 Å². The first-order chi connectivity index (χ1) is 17.5. The lowest BCUT2D eigenvalue weighted by atomic mass is 9.68. The molecular formula is C30H30FNO5. The summed E-state index contributed by atoms with van der Waals surface area (Å²) in [4.78, 5) is 39.8. The van der Waals surface area contributed by atoms with E-state index in [2.05, 4.69) is 13.8 Å². The molecule has 2 aromatic rings. The van der Waals surface area contributed by atoms with Crippen LogP contribution in [0.15, 0.2) is 60.2 Å². The molecule has 37 heavy (non-hydrogen) atoms. The zero-order chi connectivity index (χ0) is 26.5. The van der Waals surface area contributed by atoms with Gasteiger partial charge in [-0.3, -0.25) is 19.3 Å². The molecule has 2 aliphatic heterocycles. The molecule has 1 saturated heterocycles. The summed E-state index contributed by atoms with van der Waals surface area (Å²) < 4.78 is 19.6. The fraction of sp³-hybridized carbons (Fsp3) is 0.367. The Morgan fingerprint density at radius 1 is 1.05 bits per heavy atom. The van der Waals surface area contributed by atoms with Gasteiger partial charge >= 0.3 is 5.97 Å². The van der Waals surface area contributed by atoms with E-state index >= 15 is 0 Å². The van der Waals surface area contributed by atoms with Gasteiger partial charge < -0.3 is 9.84 Å². The molecule has 0 bridgehead atoms. The van der Waals surface area contributed by atoms with E-state index in [1.807, 2.05) is 6.08 Å². The van der Waals surface area contributed by atoms with Gasteiger partial charge in [-0.2, -0.15) is 0 Å². The molecule has 3 aliphatic rings. The monoisotopic (exact) mass is 503 g/mol. The van der Waals surface area contributed by atoms with Crippen LogP contribution in [-0.2, 0) is 9.53 Å². The molecule has 1 fully saturated rings. The summed E-state index contributed by atoms with van der Waals surface area (Å²) in [6, 6.07) is 11.4. The van der Waals surface area contributed by atoms with Gasteiger partial charge in [-0.05, 0) is 77.8 Å². The number of allylic oxidation sites excluding steroid dienone is 2. The zero-order valence-corrected chi connectivity index (χ0v) is 21.2. The molecule has 6 nitrogen and oxygen atoms in total. The summed E-state index contributed by atoms with van der Waals surface area (Å²) >= 11 is 0. The topological polar surface area (TPSA) is 83.9 Å². The van der Waals surface area contributed by atoms with Crippen LogP contribution in [-0.4, -0.2) is 46.0 Å². The number of fused-ring (bicyclic) bond motifs is 1. The Bertz CT molecular complexity index is 1320. The van der Waals surface area contributed by atoms with Gasteiger partial charge in [0.25, 0.3) is 11.8 Å². The summed E-state index contributed by atoms with van der Waals surface area (Å²) in [5, 5.41) is 10.0. The van der Waals surface area contributed by atoms with Crippen LogP contribution in [0.1, 0.15) is 71.4 Å². The number of esters is 1. The number of rotatable bonds is 4. The fourth-order valence-electron chi connectivity index (χ4n) is 5.81. The third-order valence-corrected chi connectivity index (χ3v) is 7.60. The second-order valence-corrected chi connectivity index (χ2v) is 10.8. The average molecular weight is 504 g/mol. The summed E-state index contributed by atoms with van der Waals surface area (Å²) in [7, 11) is 0. The largest absolute Gasteiger partial charge is 0.458 e. The van der Waals surface area contributed by atoms with Gasteiger partial charge in [-0.25, -0.2) is 4.39 Å². The van der Waals surface area contributed by atoms with E-state index in [-0.39, 0.29) is 30.1 Å². The highest BCUT2D eigenvalue weighted by Crippen LogP contribution is 2.47. The summed E-state index contributed by atoms with van der Waals surface area (Å²) in [6.45, 7) is 5.80. The number of benzene rings is 2. The Hall–Kier alpha value is -3.58. The number of aryl methyl sites for hydroxylation is 1. The van der Waals surface area contributed by atoms with Gasteiger partial charge in [0.15, 0.2) is 0 Å². The molecule has 3 atom stereocenters. The SMILES string of the molecule is Cc1cc(C2=C(C=C[C@H]3C[C@H](O)CC(=O)O3)C(C)(C)CC(N3C(=O)c4ccccc4C3=O)C2)ccc1F. The van der Waals surface area contributed by atoms with E-state index in [1.54, 1.807) is 49.4 Å². The molecule has 0 aromatic heterocycles. The smallest absolute Gasteiger partial charge is 0.309 e. The Morgan fingerprint density at radius 3 is 2.35 bits per heavy atom. The number of ether oxygens (including phenoxy) is 1. The van der Waals surface area contributed by atoms with Crippen LogP contribution < -0.4 is 0 Å². The zero-order valence-electron chi connectivity index (χ0n) is 21.2. The second-order valence-electron chi connectivity index (χ2n) is 10.8. The van der Waals surface area contributed by atoms with Crippen molar-refractivity contribution in [3.8, 4) is 0 Å². The Kier molecular flexibility index (Phi) is 6.36. The van der Waals surface area contributed by atoms with Crippen LogP contribution >= 0.6 is 0 Å². The third kappa shape index (κ3) is 4.64. The lowest BCUT2D eigenvalue weighted by Crippen LogP contribution is -2.45. The van der Waals surface area contributed by atoms with Crippen LogP contribution in [0.5, 0.6) is 0 Å². The van der Waals surface area contributed by atoms with Crippen LogP contribution in [0.2, 0.25) is 0 Å². The number of carbonyl (C=O) groups excluding carboxylic acids is 3. The molecule has 0 saturated carbocycles. The Morgan fingerprint density at radius 2 is 1.73 bits per heavy atom. The van der Waals surface area contributed by atoms with Gasteiger partial charge in [0.2, 0.25) is 0 Å². The van der Waals surface area contributed by atoms with Crippen molar-refractivity contribution in [2.75, 3.05) is 0 Å². The Labute approximate surface area is 215 Å². The lowest BCUT2D eigenvalue weighted by molar-refractivity contribution is -0.156. The van der Waals surface area contributed by atoms with Gasteiger partial charge in [0, 0.05) is 12.5 Å². The standard InChI is InChI=1S/C30H30FNO5/c1-17-12-18(8-11-26(17)31)24-13-19(32-28(35)22-6-4-5-7-23(22)29(32)36)16-30(2,3)25(24)10-9-21-14-20(33)15-27(34)37-21/h4-12,19-21,33H,13-16H2,1-3H3/t19?,20-,21-/m0/s1. The van der Waals surface area contributed by atoms with Crippen molar-refractivity contribution in [3.05, 3.63) is 88.3 Å². The molecule has 192 valence electrons. The highest BCUT2D eigenvalue weighted by Gasteiger charge is 2.45. The molecular weight excluding hydrogens is 473 g/mol. The summed E-state index contributed by atoms with van der Waals surface area (Å²) in [5.74, 6) is -1.34. The van der Waals surface area contributed by atoms with Crippen molar-refractivity contribution in [1.29, 1.82) is 0 Å². The minimum absolute atomic E-state index is 0.0133. The van der Waals surface area contributed by atoms with Crippen molar-refractivity contribution in [2.24, 2.45) is 5.41 Å². The number of amides is 2. The molecule has 1 aliphatic carbocycles. The summed E-state index contributed by atoms with van der Waals surface area (Å²) in [6.07, 6.45) is 3.66. The van der Waals surface area contributed by atoms with Gasteiger partial charge in [-0.1, -0.05) is 38.1 Å². The number of cyclic esters (lactones) is 1. The number of hydrogen-bond donors (Lipinski definition) is 1. The van der Waals surface area contributed by atoms with E-state index in [4.69, 9.17) is 4.74 Å². The molecule has 7 heteroatoms. The number of aliphatic hydroxyl groups excluding tert-OH is 1. The molecule has 1 N–H and O–H groups in total. The first kappa shape index (κ1) is 25.1. The quantitative estimate of drug-likeness (QED) is 0.469. The van der Waals surface area contributed by atoms with E-state index in [0.717, 1.165) is 16.7 Å². The molecule has 0 radical (unpaired) electrons. The van der Waals surface area contributed by atoms with Gasteiger partial charge in [0.1, 0.15) is 11.9 Å². The lowest BCUT2D eigenvalue weighted by Gasteiger charge is -2.41. The number of carbonyl (C=O) groups is 3. The van der Waals surface area contributed by atoms with Gasteiger partial charge in [-0.15, -0.1) is 0 Å². The number of aliphatic hydroxyl groups is 1. The molecule has 0 spiro atoms. The fourth-order valence-corrected chi connectivity index (χ4v) is 5.81. The highest BCUT2D eigenvalue weighted by atomic mass is 19.1. The molecule has 2 amide bonds. The van der Waals surface area contributed by atoms with Crippen molar-refractivity contribution in [3.63, 3.8) is 0 Å². The van der Waals surface area contributed by atoms with E-state index in [9.17, 15) is 23.9 Å². The third-order valence-electron chi connectivity index (χ3n) is 7.60. The van der Waals surface area contributed by atoms with Gasteiger partial charge in [0.05, 0.1) is 23.7 Å². The van der Waals surface area contributed by atoms with E-state index in [0.29, 0.717) is 36.0 Å². The number of hydrogen-bond acceptors (Lipinski definition) is 5. The van der Waals surface area contributed by atoms with Crippen molar-refractivity contribution in [1.82, 2.24) is 4.90 Å². The van der Waals surface area contributed by atoms with Crippen molar-refractivity contribution in [2.45, 2.75) is 64.7 Å². The second kappa shape index (κ2) is 9.38. The number of imide groups is 1. The minimum atomic E-state index is -0.748. The predicted octanol–water partition coefficient (Wildman–Crippen LogP) is 5.00. The number of halogens is 1. The average Bonchev–Trinajstić information content (AvgIpc) is 3.09. The first-order valence-corrected chi connectivity index (χ1v) is 12.6. The number of nitrogens with zero attached hydrogens (tertiary/aromatic N) is 1. The summed E-state index contributed by atoms with van der Waals surface area (Å²) in [5.41, 5.74) is 3.53. The van der Waals surface area contributed by atoms with Crippen molar-refractivity contribution >= 4 is 23.4 Å².